The lowest BCUT2D eigenvalue weighted by Crippen LogP contribution is -2.20. The highest BCUT2D eigenvalue weighted by Gasteiger charge is 2.12. The van der Waals surface area contributed by atoms with E-state index in [-0.39, 0.29) is 6.10 Å². The number of hydrogen-bond acceptors (Lipinski definition) is 2. The van der Waals surface area contributed by atoms with Crippen molar-refractivity contribution in [2.24, 2.45) is 0 Å². The molecule has 0 aromatic rings. The molecule has 0 heterocycles. The third-order valence-electron chi connectivity index (χ3n) is 3.03. The van der Waals surface area contributed by atoms with E-state index in [1.807, 2.05) is 0 Å². The minimum atomic E-state index is 0.241. The highest BCUT2D eigenvalue weighted by atomic mass is 16.5. The average molecular weight is 217 g/mol. The normalized spacial score (nSPS) is 24.6. The van der Waals surface area contributed by atoms with Gasteiger partial charge in [-0.15, -0.1) is 0 Å². The maximum Gasteiger partial charge on any atom is 0.0793 e. The van der Waals surface area contributed by atoms with E-state index in [9.17, 15) is 0 Å². The van der Waals surface area contributed by atoms with Gasteiger partial charge in [-0.05, 0) is 37.8 Å². The summed E-state index contributed by atoms with van der Waals surface area (Å²) in [6, 6.07) is 0. The fourth-order valence-corrected chi connectivity index (χ4v) is 2.03. The summed E-state index contributed by atoms with van der Waals surface area (Å²) in [6.07, 6.45) is 14.3. The molecule has 0 aromatic carbocycles. The van der Waals surface area contributed by atoms with Gasteiger partial charge in [0.25, 0.3) is 0 Å². The summed E-state index contributed by atoms with van der Waals surface area (Å²) in [7, 11) is 1.76. The molecule has 0 amide bonds. The average Bonchev–Trinajstić information content (AvgIpc) is 2.33. The van der Waals surface area contributed by atoms with Crippen LogP contribution in [0, 0.1) is 0 Å². The Morgan fingerprint density at radius 1 is 1.44 bits per heavy atom. The van der Waals surface area contributed by atoms with Crippen LogP contribution < -0.4 is 5.32 Å². The number of rotatable bonds is 3. The molecule has 0 radical (unpaired) electrons. The van der Waals surface area contributed by atoms with Crippen LogP contribution in [0.2, 0.25) is 0 Å². The first kappa shape index (κ1) is 11.2. The summed E-state index contributed by atoms with van der Waals surface area (Å²) in [5, 5.41) is 3.50. The molecule has 0 bridgehead atoms. The lowest BCUT2D eigenvalue weighted by atomic mass is 10.0. The van der Waals surface area contributed by atoms with Crippen LogP contribution in [-0.2, 0) is 4.74 Å². The molecule has 2 nitrogen and oxygen atoms in total. The molecular weight excluding hydrogens is 198 g/mol. The molecule has 2 rings (SSSR count). The van der Waals surface area contributed by atoms with E-state index in [4.69, 9.17) is 4.74 Å². The molecule has 2 aliphatic rings. The molecule has 0 aromatic heterocycles. The summed E-state index contributed by atoms with van der Waals surface area (Å²) in [5.74, 6) is 0. The summed E-state index contributed by atoms with van der Waals surface area (Å²) in [4.78, 5) is 0. The van der Waals surface area contributed by atoms with Crippen molar-refractivity contribution in [3.8, 4) is 0 Å². The molecule has 1 atom stereocenters. The van der Waals surface area contributed by atoms with Crippen molar-refractivity contribution >= 4 is 0 Å². The van der Waals surface area contributed by atoms with E-state index in [0.29, 0.717) is 0 Å². The van der Waals surface area contributed by atoms with Crippen molar-refractivity contribution in [3.63, 3.8) is 0 Å². The zero-order valence-corrected chi connectivity index (χ0v) is 9.99. The Kier molecular flexibility index (Phi) is 3.62. The van der Waals surface area contributed by atoms with E-state index in [1.54, 1.807) is 7.11 Å². The van der Waals surface area contributed by atoms with Crippen molar-refractivity contribution in [3.05, 3.63) is 47.3 Å². The van der Waals surface area contributed by atoms with Gasteiger partial charge in [-0.2, -0.15) is 0 Å². The molecule has 0 fully saturated rings. The van der Waals surface area contributed by atoms with E-state index in [2.05, 4.69) is 42.6 Å². The predicted octanol–water partition coefficient (Wildman–Crippen LogP) is 3.06. The van der Waals surface area contributed by atoms with Crippen LogP contribution in [0.5, 0.6) is 0 Å². The first-order valence-electron chi connectivity index (χ1n) is 5.84. The fourth-order valence-electron chi connectivity index (χ4n) is 2.03. The van der Waals surface area contributed by atoms with Gasteiger partial charge in [0, 0.05) is 18.5 Å². The van der Waals surface area contributed by atoms with Gasteiger partial charge in [-0.25, -0.2) is 0 Å². The fraction of sp³-hybridized carbons (Fsp3) is 0.429. The summed E-state index contributed by atoms with van der Waals surface area (Å²) < 4.78 is 5.33. The molecule has 1 N–H and O–H groups in total. The molecule has 86 valence electrons. The van der Waals surface area contributed by atoms with Crippen LogP contribution in [0.25, 0.3) is 0 Å². The van der Waals surface area contributed by atoms with Crippen molar-refractivity contribution in [2.45, 2.75) is 32.3 Å². The van der Waals surface area contributed by atoms with Gasteiger partial charge in [0.05, 0.1) is 6.10 Å². The number of allylic oxidation sites excluding steroid dienone is 5. The highest BCUT2D eigenvalue weighted by Crippen LogP contribution is 2.20. The Morgan fingerprint density at radius 3 is 2.94 bits per heavy atom. The van der Waals surface area contributed by atoms with Crippen LogP contribution in [0.15, 0.2) is 47.3 Å². The van der Waals surface area contributed by atoms with E-state index < -0.39 is 0 Å². The zero-order valence-electron chi connectivity index (χ0n) is 9.99. The second-order valence-corrected chi connectivity index (χ2v) is 4.26. The van der Waals surface area contributed by atoms with E-state index in [0.717, 1.165) is 19.3 Å². The van der Waals surface area contributed by atoms with Crippen molar-refractivity contribution in [1.29, 1.82) is 0 Å². The first-order valence-corrected chi connectivity index (χ1v) is 5.84. The van der Waals surface area contributed by atoms with Crippen LogP contribution in [0.3, 0.4) is 0 Å². The Hall–Kier alpha value is -1.28. The third-order valence-corrected chi connectivity index (χ3v) is 3.03. The van der Waals surface area contributed by atoms with E-state index >= 15 is 0 Å². The molecule has 0 saturated heterocycles. The lowest BCUT2D eigenvalue weighted by Gasteiger charge is -2.22. The highest BCUT2D eigenvalue weighted by molar-refractivity contribution is 5.35. The number of nitrogens with one attached hydrogen (secondary N) is 1. The molecular formula is C14H19NO. The second-order valence-electron chi connectivity index (χ2n) is 4.26. The monoisotopic (exact) mass is 217 g/mol. The smallest absolute Gasteiger partial charge is 0.0793 e. The molecule has 16 heavy (non-hydrogen) atoms. The summed E-state index contributed by atoms with van der Waals surface area (Å²) in [6.45, 7) is 2.13. The van der Waals surface area contributed by atoms with Gasteiger partial charge in [0.1, 0.15) is 0 Å². The molecule has 2 heteroatoms. The van der Waals surface area contributed by atoms with Gasteiger partial charge in [-0.1, -0.05) is 24.3 Å². The molecule has 0 spiro atoms. The molecule has 0 aliphatic heterocycles. The van der Waals surface area contributed by atoms with Gasteiger partial charge in [0.2, 0.25) is 0 Å². The maximum absolute atomic E-state index is 5.33. The molecule has 2 aliphatic carbocycles. The minimum Gasteiger partial charge on any atom is -0.377 e. The second kappa shape index (κ2) is 5.17. The quantitative estimate of drug-likeness (QED) is 0.784. The summed E-state index contributed by atoms with van der Waals surface area (Å²) in [5.41, 5.74) is 3.81. The minimum absolute atomic E-state index is 0.241. The molecule has 1 unspecified atom stereocenters. The topological polar surface area (TPSA) is 21.3 Å². The Balaban J connectivity index is 2.01. The van der Waals surface area contributed by atoms with Crippen molar-refractivity contribution in [2.75, 3.05) is 7.11 Å². The number of hydrogen-bond donors (Lipinski definition) is 1. The van der Waals surface area contributed by atoms with E-state index in [1.165, 1.54) is 17.0 Å². The van der Waals surface area contributed by atoms with Gasteiger partial charge < -0.3 is 10.1 Å². The Morgan fingerprint density at radius 2 is 2.31 bits per heavy atom. The van der Waals surface area contributed by atoms with Crippen LogP contribution >= 0.6 is 0 Å². The SMILES string of the molecule is COC1C=C(C)C(NC2=CC=CCC2)=CC1. The Bertz CT molecular complexity index is 374. The predicted molar refractivity (Wildman–Crippen MR) is 66.8 cm³/mol. The van der Waals surface area contributed by atoms with Gasteiger partial charge in [-0.3, -0.25) is 0 Å². The van der Waals surface area contributed by atoms with Crippen LogP contribution in [0.1, 0.15) is 26.2 Å². The van der Waals surface area contributed by atoms with Crippen molar-refractivity contribution < 1.29 is 4.74 Å². The van der Waals surface area contributed by atoms with Crippen LogP contribution in [-0.4, -0.2) is 13.2 Å². The number of ether oxygens (including phenoxy) is 1. The standard InChI is InChI=1S/C14H19NO/c1-11-10-13(16-2)8-9-14(11)15-12-6-4-3-5-7-12/h3-4,6,9-10,13,15H,5,7-8H2,1-2H3. The Labute approximate surface area is 97.4 Å². The van der Waals surface area contributed by atoms with Crippen molar-refractivity contribution in [1.82, 2.24) is 5.32 Å². The summed E-state index contributed by atoms with van der Waals surface area (Å²) >= 11 is 0. The van der Waals surface area contributed by atoms with Gasteiger partial charge >= 0.3 is 0 Å². The zero-order chi connectivity index (χ0) is 11.4. The lowest BCUT2D eigenvalue weighted by molar-refractivity contribution is 0.141. The molecule has 0 saturated carbocycles. The van der Waals surface area contributed by atoms with Crippen LogP contribution in [0.4, 0.5) is 0 Å². The third kappa shape index (κ3) is 2.64. The first-order chi connectivity index (χ1) is 7.79. The largest absolute Gasteiger partial charge is 0.377 e. The van der Waals surface area contributed by atoms with Gasteiger partial charge in [0.15, 0.2) is 0 Å². The maximum atomic E-state index is 5.33. The number of methoxy groups -OCH3 is 1.